The fourth-order valence-corrected chi connectivity index (χ4v) is 3.01. The van der Waals surface area contributed by atoms with Gasteiger partial charge in [0, 0.05) is 22.1 Å². The van der Waals surface area contributed by atoms with Crippen LogP contribution < -0.4 is 10.6 Å². The van der Waals surface area contributed by atoms with E-state index in [4.69, 9.17) is 5.73 Å². The van der Waals surface area contributed by atoms with E-state index >= 15 is 0 Å². The summed E-state index contributed by atoms with van der Waals surface area (Å²) in [5.74, 6) is 0. The number of nitrogens with two attached hydrogens (primary N) is 1. The number of nitrogens with zero attached hydrogens (tertiary/aromatic N) is 1. The van der Waals surface area contributed by atoms with Gasteiger partial charge < -0.3 is 10.6 Å². The molecule has 2 N–H and O–H groups in total. The molecule has 0 unspecified atom stereocenters. The molecule has 2 nitrogen and oxygen atoms in total. The molecule has 0 saturated carbocycles. The Morgan fingerprint density at radius 1 is 0.952 bits per heavy atom. The highest BCUT2D eigenvalue weighted by Crippen LogP contribution is 2.36. The first-order valence-corrected chi connectivity index (χ1v) is 7.80. The Morgan fingerprint density at radius 2 is 1.71 bits per heavy atom. The van der Waals surface area contributed by atoms with E-state index in [-0.39, 0.29) is 0 Å². The predicted octanol–water partition coefficient (Wildman–Crippen LogP) is 5.34. The van der Waals surface area contributed by atoms with Crippen LogP contribution in [-0.2, 0) is 0 Å². The van der Waals surface area contributed by atoms with Crippen molar-refractivity contribution in [2.75, 3.05) is 17.2 Å². The molecule has 0 aliphatic rings. The van der Waals surface area contributed by atoms with Gasteiger partial charge in [-0.2, -0.15) is 0 Å². The van der Waals surface area contributed by atoms with Crippen LogP contribution in [0.25, 0.3) is 10.8 Å². The summed E-state index contributed by atoms with van der Waals surface area (Å²) in [5, 5.41) is 2.48. The van der Waals surface area contributed by atoms with Gasteiger partial charge in [-0.1, -0.05) is 52.3 Å². The molecular formula is C18H17BrN2. The van der Waals surface area contributed by atoms with E-state index in [2.05, 4.69) is 76.3 Å². The summed E-state index contributed by atoms with van der Waals surface area (Å²) >= 11 is 3.53. The minimum absolute atomic E-state index is 0.785. The number of fused-ring (bicyclic) bond motifs is 1. The van der Waals surface area contributed by atoms with Crippen molar-refractivity contribution in [3.63, 3.8) is 0 Å². The quantitative estimate of drug-likeness (QED) is 0.651. The molecule has 3 heteroatoms. The molecule has 0 spiro atoms. The highest BCUT2D eigenvalue weighted by molar-refractivity contribution is 9.10. The van der Waals surface area contributed by atoms with Crippen LogP contribution in [0.5, 0.6) is 0 Å². The van der Waals surface area contributed by atoms with Gasteiger partial charge in [0.15, 0.2) is 0 Å². The zero-order valence-electron chi connectivity index (χ0n) is 11.9. The molecule has 0 aliphatic heterocycles. The number of hydrogen-bond acceptors (Lipinski definition) is 2. The van der Waals surface area contributed by atoms with E-state index in [1.54, 1.807) is 0 Å². The summed E-state index contributed by atoms with van der Waals surface area (Å²) in [6, 6.07) is 20.8. The van der Waals surface area contributed by atoms with Crippen LogP contribution >= 0.6 is 15.9 Å². The van der Waals surface area contributed by atoms with E-state index in [0.29, 0.717) is 0 Å². The molecule has 0 amide bonds. The molecule has 0 bridgehead atoms. The van der Waals surface area contributed by atoms with Crippen LogP contribution in [0.2, 0.25) is 0 Å². The van der Waals surface area contributed by atoms with E-state index in [0.717, 1.165) is 22.4 Å². The van der Waals surface area contributed by atoms with Gasteiger partial charge in [-0.15, -0.1) is 0 Å². The van der Waals surface area contributed by atoms with Gasteiger partial charge in [0.25, 0.3) is 0 Å². The number of benzene rings is 3. The summed E-state index contributed by atoms with van der Waals surface area (Å²) in [7, 11) is 0. The molecule has 0 heterocycles. The van der Waals surface area contributed by atoms with Crippen molar-refractivity contribution >= 4 is 43.8 Å². The van der Waals surface area contributed by atoms with Crippen LogP contribution in [-0.4, -0.2) is 6.54 Å². The van der Waals surface area contributed by atoms with Crippen molar-refractivity contribution in [2.24, 2.45) is 0 Å². The Balaban J connectivity index is 2.21. The first-order valence-electron chi connectivity index (χ1n) is 7.01. The first kappa shape index (κ1) is 14.0. The Morgan fingerprint density at radius 3 is 2.52 bits per heavy atom. The fraction of sp³-hybridized carbons (Fsp3) is 0.111. The summed E-state index contributed by atoms with van der Waals surface area (Å²) in [6.07, 6.45) is 0. The zero-order valence-corrected chi connectivity index (χ0v) is 13.5. The number of halogens is 1. The second-order valence-electron chi connectivity index (χ2n) is 4.95. The molecule has 0 fully saturated rings. The molecule has 3 rings (SSSR count). The molecule has 0 aliphatic carbocycles. The van der Waals surface area contributed by atoms with Gasteiger partial charge in [0.1, 0.15) is 0 Å². The van der Waals surface area contributed by atoms with Gasteiger partial charge in [-0.3, -0.25) is 0 Å². The molecule has 0 atom stereocenters. The van der Waals surface area contributed by atoms with Crippen LogP contribution in [0.15, 0.2) is 65.1 Å². The first-order chi connectivity index (χ1) is 10.2. The monoisotopic (exact) mass is 340 g/mol. The van der Waals surface area contributed by atoms with Crippen LogP contribution in [0.4, 0.5) is 17.1 Å². The lowest BCUT2D eigenvalue weighted by Gasteiger charge is -2.26. The highest BCUT2D eigenvalue weighted by Gasteiger charge is 2.13. The van der Waals surface area contributed by atoms with Crippen molar-refractivity contribution in [1.82, 2.24) is 0 Å². The lowest BCUT2D eigenvalue weighted by Crippen LogP contribution is -2.17. The minimum Gasteiger partial charge on any atom is -0.397 e. The maximum Gasteiger partial charge on any atom is 0.0655 e. The summed E-state index contributed by atoms with van der Waals surface area (Å²) in [6.45, 7) is 3.00. The van der Waals surface area contributed by atoms with Crippen molar-refractivity contribution in [3.05, 3.63) is 65.1 Å². The van der Waals surface area contributed by atoms with Crippen molar-refractivity contribution in [3.8, 4) is 0 Å². The molecule has 0 aromatic heterocycles. The Bertz CT molecular complexity index is 778. The van der Waals surface area contributed by atoms with Crippen molar-refractivity contribution in [2.45, 2.75) is 6.92 Å². The largest absolute Gasteiger partial charge is 0.397 e. The maximum absolute atomic E-state index is 6.18. The van der Waals surface area contributed by atoms with Crippen LogP contribution in [0.1, 0.15) is 6.92 Å². The third-order valence-electron chi connectivity index (χ3n) is 3.66. The zero-order chi connectivity index (χ0) is 14.8. The fourth-order valence-electron chi connectivity index (χ4n) is 2.66. The van der Waals surface area contributed by atoms with E-state index in [1.807, 2.05) is 12.1 Å². The molecule has 3 aromatic carbocycles. The number of anilines is 3. The van der Waals surface area contributed by atoms with Gasteiger partial charge in [0.05, 0.1) is 11.4 Å². The predicted molar refractivity (Wildman–Crippen MR) is 95.2 cm³/mol. The standard InChI is InChI=1S/C18H17BrN2/c1-2-21(18-12-14(19)10-11-16(18)20)17-9-5-7-13-6-3-4-8-15(13)17/h3-12H,2,20H2,1H3. The lowest BCUT2D eigenvalue weighted by molar-refractivity contribution is 1.03. The second kappa shape index (κ2) is 5.78. The average molecular weight is 341 g/mol. The lowest BCUT2D eigenvalue weighted by atomic mass is 10.1. The van der Waals surface area contributed by atoms with Crippen LogP contribution in [0, 0.1) is 0 Å². The maximum atomic E-state index is 6.18. The van der Waals surface area contributed by atoms with Crippen molar-refractivity contribution < 1.29 is 0 Å². The number of nitrogen functional groups attached to an aromatic ring is 1. The summed E-state index contributed by atoms with van der Waals surface area (Å²) in [5.41, 5.74) is 9.18. The highest BCUT2D eigenvalue weighted by atomic mass is 79.9. The molecule has 0 radical (unpaired) electrons. The Labute approximate surface area is 133 Å². The summed E-state index contributed by atoms with van der Waals surface area (Å²) < 4.78 is 1.03. The molecule has 21 heavy (non-hydrogen) atoms. The van der Waals surface area contributed by atoms with Gasteiger partial charge >= 0.3 is 0 Å². The van der Waals surface area contributed by atoms with Crippen molar-refractivity contribution in [1.29, 1.82) is 0 Å². The minimum atomic E-state index is 0.785. The Hall–Kier alpha value is -2.00. The molecular weight excluding hydrogens is 324 g/mol. The third kappa shape index (κ3) is 2.61. The number of rotatable bonds is 3. The average Bonchev–Trinajstić information content (AvgIpc) is 2.51. The Kier molecular flexibility index (Phi) is 3.84. The normalized spacial score (nSPS) is 10.8. The van der Waals surface area contributed by atoms with Gasteiger partial charge in [-0.25, -0.2) is 0 Å². The second-order valence-corrected chi connectivity index (χ2v) is 5.86. The number of hydrogen-bond donors (Lipinski definition) is 1. The SMILES string of the molecule is CCN(c1cc(Br)ccc1N)c1cccc2ccccc12. The third-order valence-corrected chi connectivity index (χ3v) is 4.15. The molecule has 3 aromatic rings. The summed E-state index contributed by atoms with van der Waals surface area (Å²) in [4.78, 5) is 2.25. The van der Waals surface area contributed by atoms with Gasteiger partial charge in [-0.05, 0) is 36.6 Å². The van der Waals surface area contributed by atoms with E-state index in [9.17, 15) is 0 Å². The van der Waals surface area contributed by atoms with E-state index in [1.165, 1.54) is 16.5 Å². The smallest absolute Gasteiger partial charge is 0.0655 e. The van der Waals surface area contributed by atoms with E-state index < -0.39 is 0 Å². The van der Waals surface area contributed by atoms with Crippen LogP contribution in [0.3, 0.4) is 0 Å². The van der Waals surface area contributed by atoms with Gasteiger partial charge in [0.2, 0.25) is 0 Å². The topological polar surface area (TPSA) is 29.3 Å². The molecule has 0 saturated heterocycles. The molecule has 106 valence electrons.